The van der Waals surface area contributed by atoms with Crippen LogP contribution in [0.15, 0.2) is 24.3 Å². The molecule has 0 spiro atoms. The maximum Gasteiger partial charge on any atom is 0.247 e. The van der Waals surface area contributed by atoms with Crippen LogP contribution in [0.4, 0.5) is 5.69 Å². The predicted octanol–water partition coefficient (Wildman–Crippen LogP) is 0.239. The van der Waals surface area contributed by atoms with Crippen molar-refractivity contribution in [3.8, 4) is 0 Å². The summed E-state index contributed by atoms with van der Waals surface area (Å²) in [5, 5.41) is 0. The van der Waals surface area contributed by atoms with Crippen molar-refractivity contribution < 1.29 is 19.1 Å². The molecule has 0 bridgehead atoms. The Bertz CT molecular complexity index is 676. The number of hydrogen-bond donors (Lipinski definition) is 0. The van der Waals surface area contributed by atoms with Crippen molar-refractivity contribution in [2.24, 2.45) is 0 Å². The quantitative estimate of drug-likeness (QED) is 0.792. The first-order valence-corrected chi connectivity index (χ1v) is 7.96. The normalized spacial score (nSPS) is 19.8. The van der Waals surface area contributed by atoms with Crippen molar-refractivity contribution in [2.45, 2.75) is 19.4 Å². The number of amides is 3. The highest BCUT2D eigenvalue weighted by Gasteiger charge is 2.41. The van der Waals surface area contributed by atoms with Gasteiger partial charge in [0.1, 0.15) is 12.6 Å². The molecule has 7 nitrogen and oxygen atoms in total. The number of carbonyl (C=O) groups is 3. The number of anilines is 1. The predicted molar refractivity (Wildman–Crippen MR) is 87.3 cm³/mol. The van der Waals surface area contributed by atoms with Crippen LogP contribution in [0, 0.1) is 0 Å². The number of carbonyl (C=O) groups excluding carboxylic acids is 3. The number of rotatable bonds is 4. The van der Waals surface area contributed by atoms with E-state index >= 15 is 0 Å². The molecule has 128 valence electrons. The standard InChI is InChI=1S/C17H21N3O4/c1-12(21)20-14-6-4-3-5-13(14)9-15(20)17(23)19-10-16(22)18(11-19)7-8-24-2/h3-6,15H,7-11H2,1-2H3/t15-/m0/s1. The lowest BCUT2D eigenvalue weighted by atomic mass is 10.1. The summed E-state index contributed by atoms with van der Waals surface area (Å²) >= 11 is 0. The van der Waals surface area contributed by atoms with Gasteiger partial charge in [0.25, 0.3) is 0 Å². The summed E-state index contributed by atoms with van der Waals surface area (Å²) in [4.78, 5) is 41.7. The second-order valence-corrected chi connectivity index (χ2v) is 6.07. The Hall–Kier alpha value is -2.41. The molecular weight excluding hydrogens is 310 g/mol. The maximum atomic E-state index is 12.9. The Morgan fingerprint density at radius 3 is 2.75 bits per heavy atom. The summed E-state index contributed by atoms with van der Waals surface area (Å²) in [6.45, 7) is 2.66. The SMILES string of the molecule is COCCN1CN(C(=O)[C@@H]2Cc3ccccc3N2C(C)=O)CC1=O. The molecule has 2 aliphatic heterocycles. The van der Waals surface area contributed by atoms with Gasteiger partial charge in [-0.25, -0.2) is 0 Å². The van der Waals surface area contributed by atoms with Crippen molar-refractivity contribution in [1.82, 2.24) is 9.80 Å². The second kappa shape index (κ2) is 6.60. The lowest BCUT2D eigenvalue weighted by Crippen LogP contribution is -2.49. The molecule has 1 saturated heterocycles. The summed E-state index contributed by atoms with van der Waals surface area (Å²) in [7, 11) is 1.57. The Kier molecular flexibility index (Phi) is 4.53. The molecule has 0 saturated carbocycles. The van der Waals surface area contributed by atoms with E-state index in [4.69, 9.17) is 4.74 Å². The zero-order valence-corrected chi connectivity index (χ0v) is 13.9. The molecule has 0 radical (unpaired) electrons. The topological polar surface area (TPSA) is 70.2 Å². The Morgan fingerprint density at radius 2 is 2.04 bits per heavy atom. The molecular formula is C17H21N3O4. The first-order valence-electron chi connectivity index (χ1n) is 7.96. The summed E-state index contributed by atoms with van der Waals surface area (Å²) in [6.07, 6.45) is 0.483. The van der Waals surface area contributed by atoms with Crippen molar-refractivity contribution in [1.29, 1.82) is 0 Å². The van der Waals surface area contributed by atoms with Gasteiger partial charge in [0.05, 0.1) is 13.3 Å². The van der Waals surface area contributed by atoms with Gasteiger partial charge in [-0.2, -0.15) is 0 Å². The van der Waals surface area contributed by atoms with E-state index in [9.17, 15) is 14.4 Å². The molecule has 0 aliphatic carbocycles. The Balaban J connectivity index is 1.76. The minimum atomic E-state index is -0.574. The third kappa shape index (κ3) is 2.87. The average Bonchev–Trinajstić information content (AvgIpc) is 3.12. The van der Waals surface area contributed by atoms with Crippen molar-refractivity contribution in [3.63, 3.8) is 0 Å². The molecule has 1 aromatic rings. The monoisotopic (exact) mass is 331 g/mol. The lowest BCUT2D eigenvalue weighted by Gasteiger charge is -2.27. The molecule has 1 atom stereocenters. The van der Waals surface area contributed by atoms with Crippen LogP contribution in [-0.4, -0.2) is 67.0 Å². The molecule has 3 rings (SSSR count). The van der Waals surface area contributed by atoms with Gasteiger partial charge in [-0.05, 0) is 11.6 Å². The summed E-state index contributed by atoms with van der Waals surface area (Å²) in [5.41, 5.74) is 1.76. The Morgan fingerprint density at radius 1 is 1.29 bits per heavy atom. The van der Waals surface area contributed by atoms with Gasteiger partial charge in [-0.15, -0.1) is 0 Å². The van der Waals surface area contributed by atoms with Crippen LogP contribution in [0.3, 0.4) is 0 Å². The van der Waals surface area contributed by atoms with Gasteiger partial charge < -0.3 is 14.5 Å². The molecule has 3 amide bonds. The van der Waals surface area contributed by atoms with E-state index in [0.29, 0.717) is 19.6 Å². The third-order valence-electron chi connectivity index (χ3n) is 4.50. The molecule has 0 unspecified atom stereocenters. The van der Waals surface area contributed by atoms with E-state index in [1.165, 1.54) is 11.8 Å². The van der Waals surface area contributed by atoms with Crippen LogP contribution in [0.25, 0.3) is 0 Å². The maximum absolute atomic E-state index is 12.9. The van der Waals surface area contributed by atoms with E-state index in [-0.39, 0.29) is 30.9 Å². The fourth-order valence-electron chi connectivity index (χ4n) is 3.33. The smallest absolute Gasteiger partial charge is 0.247 e. The fraction of sp³-hybridized carbons (Fsp3) is 0.471. The number of hydrogen-bond acceptors (Lipinski definition) is 4. The molecule has 2 aliphatic rings. The zero-order valence-electron chi connectivity index (χ0n) is 13.9. The van der Waals surface area contributed by atoms with E-state index in [1.54, 1.807) is 16.9 Å². The van der Waals surface area contributed by atoms with Gasteiger partial charge in [0.15, 0.2) is 0 Å². The van der Waals surface area contributed by atoms with Crippen molar-refractivity contribution in [2.75, 3.05) is 38.4 Å². The van der Waals surface area contributed by atoms with Gasteiger partial charge >= 0.3 is 0 Å². The van der Waals surface area contributed by atoms with E-state index in [2.05, 4.69) is 0 Å². The van der Waals surface area contributed by atoms with Crippen LogP contribution in [0.5, 0.6) is 0 Å². The van der Waals surface area contributed by atoms with Gasteiger partial charge in [-0.3, -0.25) is 19.3 Å². The first-order chi connectivity index (χ1) is 11.5. The van der Waals surface area contributed by atoms with Gasteiger partial charge in [0, 0.05) is 32.7 Å². The highest BCUT2D eigenvalue weighted by atomic mass is 16.5. The number of para-hydroxylation sites is 1. The number of ether oxygens (including phenoxy) is 1. The van der Waals surface area contributed by atoms with E-state index < -0.39 is 6.04 Å². The molecule has 2 heterocycles. The lowest BCUT2D eigenvalue weighted by molar-refractivity contribution is -0.134. The van der Waals surface area contributed by atoms with Gasteiger partial charge in [0.2, 0.25) is 17.7 Å². The molecule has 24 heavy (non-hydrogen) atoms. The van der Waals surface area contributed by atoms with Crippen molar-refractivity contribution >= 4 is 23.4 Å². The van der Waals surface area contributed by atoms with Crippen molar-refractivity contribution in [3.05, 3.63) is 29.8 Å². The Labute approximate surface area is 140 Å². The fourth-order valence-corrected chi connectivity index (χ4v) is 3.33. The van der Waals surface area contributed by atoms with Crippen LogP contribution in [-0.2, 0) is 25.5 Å². The molecule has 1 fully saturated rings. The van der Waals surface area contributed by atoms with E-state index in [0.717, 1.165) is 11.3 Å². The number of nitrogens with zero attached hydrogens (tertiary/aromatic N) is 3. The zero-order chi connectivity index (χ0) is 17.3. The second-order valence-electron chi connectivity index (χ2n) is 6.07. The van der Waals surface area contributed by atoms with Crippen LogP contribution in [0.1, 0.15) is 12.5 Å². The highest BCUT2D eigenvalue weighted by Crippen LogP contribution is 2.33. The van der Waals surface area contributed by atoms with Crippen LogP contribution in [0.2, 0.25) is 0 Å². The van der Waals surface area contributed by atoms with Crippen LogP contribution >= 0.6 is 0 Å². The molecule has 7 heteroatoms. The summed E-state index contributed by atoms with van der Waals surface area (Å²) < 4.78 is 4.99. The molecule has 1 aromatic carbocycles. The number of benzene rings is 1. The van der Waals surface area contributed by atoms with E-state index in [1.807, 2.05) is 24.3 Å². The highest BCUT2D eigenvalue weighted by molar-refractivity contribution is 6.03. The third-order valence-corrected chi connectivity index (χ3v) is 4.50. The number of methoxy groups -OCH3 is 1. The number of fused-ring (bicyclic) bond motifs is 1. The minimum Gasteiger partial charge on any atom is -0.383 e. The summed E-state index contributed by atoms with van der Waals surface area (Å²) in [5.74, 6) is -0.444. The molecule has 0 N–H and O–H groups in total. The minimum absolute atomic E-state index is 0.0567. The average molecular weight is 331 g/mol. The first kappa shape index (κ1) is 16.4. The largest absolute Gasteiger partial charge is 0.383 e. The van der Waals surface area contributed by atoms with Crippen LogP contribution < -0.4 is 4.90 Å². The summed E-state index contributed by atoms with van der Waals surface area (Å²) in [6, 6.07) is 6.96. The molecule has 0 aromatic heterocycles. The van der Waals surface area contributed by atoms with Gasteiger partial charge in [-0.1, -0.05) is 18.2 Å².